The van der Waals surface area contributed by atoms with Crippen molar-refractivity contribution >= 4 is 23.2 Å². The van der Waals surface area contributed by atoms with Crippen molar-refractivity contribution < 1.29 is 23.5 Å². The van der Waals surface area contributed by atoms with Crippen LogP contribution >= 0.6 is 0 Å². The molecule has 0 radical (unpaired) electrons. The minimum Gasteiger partial charge on any atom is -0.423 e. The summed E-state index contributed by atoms with van der Waals surface area (Å²) in [5.41, 5.74) is 4.64. The van der Waals surface area contributed by atoms with Gasteiger partial charge in [-0.2, -0.15) is 0 Å². The first-order valence-corrected chi connectivity index (χ1v) is 11.6. The Morgan fingerprint density at radius 3 is 2.31 bits per heavy atom. The van der Waals surface area contributed by atoms with Crippen molar-refractivity contribution in [3.63, 3.8) is 0 Å². The van der Waals surface area contributed by atoms with Gasteiger partial charge in [-0.1, -0.05) is 36.4 Å². The molecule has 3 aromatic carbocycles. The highest BCUT2D eigenvalue weighted by atomic mass is 19.1. The van der Waals surface area contributed by atoms with Gasteiger partial charge < -0.3 is 4.74 Å². The molecule has 2 aliphatic carbocycles. The third-order valence-corrected chi connectivity index (χ3v) is 6.90. The molecular weight excluding hydrogens is 445 g/mol. The van der Waals surface area contributed by atoms with Crippen molar-refractivity contribution in [2.75, 3.05) is 0 Å². The molecule has 3 aliphatic rings. The van der Waals surface area contributed by atoms with E-state index < -0.39 is 23.6 Å². The number of ether oxygens (including phenoxy) is 1. The average molecular weight is 465 g/mol. The topological polar surface area (TPSA) is 72.8 Å². The molecule has 6 rings (SSSR count). The van der Waals surface area contributed by atoms with Gasteiger partial charge >= 0.3 is 5.97 Å². The van der Waals surface area contributed by atoms with Crippen LogP contribution in [0.2, 0.25) is 0 Å². The first kappa shape index (κ1) is 21.4. The Morgan fingerprint density at radius 1 is 0.857 bits per heavy atom. The third-order valence-electron chi connectivity index (χ3n) is 6.90. The van der Waals surface area contributed by atoms with Crippen LogP contribution in [0.1, 0.15) is 57.0 Å². The molecule has 35 heavy (non-hydrogen) atoms. The summed E-state index contributed by atoms with van der Waals surface area (Å²) >= 11 is 0. The summed E-state index contributed by atoms with van der Waals surface area (Å²) in [6.45, 7) is 0. The molecule has 6 heteroatoms. The van der Waals surface area contributed by atoms with E-state index in [1.165, 1.54) is 24.3 Å². The Balaban J connectivity index is 1.36. The zero-order chi connectivity index (χ0) is 24.1. The van der Waals surface area contributed by atoms with Gasteiger partial charge in [0.25, 0.3) is 0 Å². The average Bonchev–Trinajstić information content (AvgIpc) is 3.16. The minimum absolute atomic E-state index is 0.0268. The van der Waals surface area contributed by atoms with Crippen molar-refractivity contribution in [1.29, 1.82) is 0 Å². The molecule has 5 nitrogen and oxygen atoms in total. The molecule has 0 unspecified atom stereocenters. The van der Waals surface area contributed by atoms with E-state index in [1.807, 2.05) is 24.3 Å². The lowest BCUT2D eigenvalue weighted by atomic mass is 9.71. The first-order chi connectivity index (χ1) is 17.0. The fourth-order valence-corrected chi connectivity index (χ4v) is 5.30. The number of benzene rings is 3. The molecular formula is C29H20FNO4. The molecule has 1 aliphatic heterocycles. The van der Waals surface area contributed by atoms with Crippen LogP contribution < -0.4 is 4.74 Å². The van der Waals surface area contributed by atoms with Gasteiger partial charge in [0.2, 0.25) is 0 Å². The lowest BCUT2D eigenvalue weighted by Crippen LogP contribution is -2.33. The molecule has 0 saturated carbocycles. The Hall–Kier alpha value is -4.19. The van der Waals surface area contributed by atoms with Crippen LogP contribution in [0.25, 0.3) is 0 Å². The Bertz CT molecular complexity index is 1450. The zero-order valence-electron chi connectivity index (χ0n) is 18.7. The molecule has 0 N–H and O–H groups in total. The van der Waals surface area contributed by atoms with Crippen LogP contribution in [0, 0.1) is 11.7 Å². The van der Waals surface area contributed by atoms with E-state index in [0.29, 0.717) is 29.7 Å². The second-order valence-electron chi connectivity index (χ2n) is 8.96. The Labute approximate surface area is 201 Å². The number of Topliss-reactive ketones (excluding diaryl/α,β-unsaturated/α-hetero) is 2. The second kappa shape index (κ2) is 8.24. The quantitative estimate of drug-likeness (QED) is 0.381. The number of allylic oxidation sites excluding steroid dienone is 2. The van der Waals surface area contributed by atoms with E-state index >= 15 is 0 Å². The highest BCUT2D eigenvalue weighted by Gasteiger charge is 2.48. The third kappa shape index (κ3) is 3.53. The Morgan fingerprint density at radius 2 is 1.57 bits per heavy atom. The number of halogens is 1. The molecule has 172 valence electrons. The number of carbonyl (C=O) groups is 3. The number of aliphatic imine (C=N–C) groups is 1. The highest BCUT2D eigenvalue weighted by molar-refractivity contribution is 6.30. The van der Waals surface area contributed by atoms with Crippen LogP contribution in [0.4, 0.5) is 4.39 Å². The number of esters is 1. The molecule has 0 aromatic heterocycles. The molecule has 0 spiro atoms. The summed E-state index contributed by atoms with van der Waals surface area (Å²) in [6, 6.07) is 19.5. The molecule has 0 amide bonds. The Kier molecular flexibility index (Phi) is 5.02. The van der Waals surface area contributed by atoms with Crippen molar-refractivity contribution in [2.45, 2.75) is 25.2 Å². The molecule has 0 saturated heterocycles. The number of nitrogens with zero attached hydrogens (tertiary/aromatic N) is 1. The van der Waals surface area contributed by atoms with Crippen LogP contribution in [-0.2, 0) is 4.79 Å². The molecule has 2 atom stereocenters. The second-order valence-corrected chi connectivity index (χ2v) is 8.96. The maximum atomic E-state index is 13.5. The highest BCUT2D eigenvalue weighted by Crippen LogP contribution is 2.48. The van der Waals surface area contributed by atoms with Crippen molar-refractivity contribution in [2.24, 2.45) is 10.9 Å². The number of ketones is 2. The van der Waals surface area contributed by atoms with E-state index in [0.717, 1.165) is 29.0 Å². The molecule has 3 aromatic rings. The van der Waals surface area contributed by atoms with Gasteiger partial charge in [0.15, 0.2) is 11.6 Å². The van der Waals surface area contributed by atoms with Gasteiger partial charge in [0.1, 0.15) is 11.6 Å². The maximum Gasteiger partial charge on any atom is 0.343 e. The van der Waals surface area contributed by atoms with E-state index in [4.69, 9.17) is 9.73 Å². The van der Waals surface area contributed by atoms with Crippen molar-refractivity contribution in [3.8, 4) is 5.75 Å². The first-order valence-electron chi connectivity index (χ1n) is 11.6. The number of fused-ring (bicyclic) bond motifs is 3. The summed E-state index contributed by atoms with van der Waals surface area (Å²) in [5, 5.41) is 0. The molecule has 0 bridgehead atoms. The SMILES string of the molecule is O=C1CCCC2=C1[C@H](c1ccc(OC(=O)c3ccc(F)cc3)cc1)[C@@H]1C(=O)c3ccccc3C1=N2. The van der Waals surface area contributed by atoms with Gasteiger partial charge in [-0.3, -0.25) is 14.6 Å². The van der Waals surface area contributed by atoms with Gasteiger partial charge in [0, 0.05) is 34.7 Å². The lowest BCUT2D eigenvalue weighted by Gasteiger charge is -2.33. The van der Waals surface area contributed by atoms with Gasteiger partial charge in [-0.05, 0) is 54.8 Å². The van der Waals surface area contributed by atoms with E-state index in [9.17, 15) is 18.8 Å². The summed E-state index contributed by atoms with van der Waals surface area (Å²) in [4.78, 5) is 43.8. The fourth-order valence-electron chi connectivity index (χ4n) is 5.30. The molecule has 0 fully saturated rings. The van der Waals surface area contributed by atoms with Crippen molar-refractivity contribution in [1.82, 2.24) is 0 Å². The van der Waals surface area contributed by atoms with Gasteiger partial charge in [0.05, 0.1) is 17.2 Å². The predicted molar refractivity (Wildman–Crippen MR) is 127 cm³/mol. The normalized spacial score (nSPS) is 20.7. The summed E-state index contributed by atoms with van der Waals surface area (Å²) in [6.07, 6.45) is 1.90. The largest absolute Gasteiger partial charge is 0.423 e. The predicted octanol–water partition coefficient (Wildman–Crippen LogP) is 5.45. The number of hydrogen-bond acceptors (Lipinski definition) is 5. The zero-order valence-corrected chi connectivity index (χ0v) is 18.7. The monoisotopic (exact) mass is 465 g/mol. The maximum absolute atomic E-state index is 13.5. The van der Waals surface area contributed by atoms with Crippen LogP contribution in [0.3, 0.4) is 0 Å². The van der Waals surface area contributed by atoms with E-state index in [-0.39, 0.29) is 17.1 Å². The van der Waals surface area contributed by atoms with E-state index in [1.54, 1.807) is 24.3 Å². The smallest absolute Gasteiger partial charge is 0.343 e. The standard InChI is InChI=1S/C29H20FNO4/c30-18-12-8-17(9-13-18)29(34)35-19-14-10-16(11-15-19)24-25-22(6-3-7-23(25)32)31-27-20-4-1-2-5-21(20)28(33)26(24)27/h1-2,4-5,8-15,24,26H,3,6-7H2/t24-,26-/m0/s1. The van der Waals surface area contributed by atoms with Crippen LogP contribution in [-0.4, -0.2) is 23.2 Å². The van der Waals surface area contributed by atoms with Crippen LogP contribution in [0.5, 0.6) is 5.75 Å². The lowest BCUT2D eigenvalue weighted by molar-refractivity contribution is -0.116. The van der Waals surface area contributed by atoms with Crippen LogP contribution in [0.15, 0.2) is 89.1 Å². The summed E-state index contributed by atoms with van der Waals surface area (Å²) < 4.78 is 18.6. The fraction of sp³-hybridized carbons (Fsp3) is 0.172. The van der Waals surface area contributed by atoms with Gasteiger partial charge in [-0.15, -0.1) is 0 Å². The van der Waals surface area contributed by atoms with Gasteiger partial charge in [-0.25, -0.2) is 9.18 Å². The summed E-state index contributed by atoms with van der Waals surface area (Å²) in [5.74, 6) is -1.70. The number of rotatable bonds is 3. The minimum atomic E-state index is -0.598. The molecule has 1 heterocycles. The number of hydrogen-bond donors (Lipinski definition) is 0. The number of carbonyl (C=O) groups excluding carboxylic acids is 3. The van der Waals surface area contributed by atoms with E-state index in [2.05, 4.69) is 0 Å². The summed E-state index contributed by atoms with van der Waals surface area (Å²) in [7, 11) is 0. The van der Waals surface area contributed by atoms with Crippen molar-refractivity contribution in [3.05, 3.63) is 112 Å².